The fraction of sp³-hybridized carbons (Fsp3) is 0.615. The van der Waals surface area contributed by atoms with E-state index in [9.17, 15) is 0 Å². The largest absolute Gasteiger partial charge is 0.396 e. The van der Waals surface area contributed by atoms with Gasteiger partial charge in [0.2, 0.25) is 0 Å². The summed E-state index contributed by atoms with van der Waals surface area (Å²) in [4.78, 5) is 4.15. The van der Waals surface area contributed by atoms with Crippen molar-refractivity contribution < 1.29 is 0 Å². The summed E-state index contributed by atoms with van der Waals surface area (Å²) < 4.78 is 0. The standard InChI is InChI=1S/C13H22ClN3/c1-2-3-4-5-6-7-10-16-13-11(15)8-9-12(14)17-13/h8-9H,2-7,10,15H2,1H3,(H,16,17). The topological polar surface area (TPSA) is 50.9 Å². The number of nitrogens with two attached hydrogens (primary N) is 1. The average molecular weight is 256 g/mol. The Balaban J connectivity index is 2.15. The van der Waals surface area contributed by atoms with E-state index in [0.29, 0.717) is 16.7 Å². The van der Waals surface area contributed by atoms with Gasteiger partial charge in [-0.15, -0.1) is 0 Å². The van der Waals surface area contributed by atoms with E-state index in [2.05, 4.69) is 17.2 Å². The second kappa shape index (κ2) is 8.18. The molecule has 1 heterocycles. The van der Waals surface area contributed by atoms with E-state index in [1.165, 1.54) is 32.1 Å². The first-order chi connectivity index (χ1) is 8.24. The maximum Gasteiger partial charge on any atom is 0.150 e. The lowest BCUT2D eigenvalue weighted by Gasteiger charge is -2.08. The molecule has 1 rings (SSSR count). The van der Waals surface area contributed by atoms with Crippen LogP contribution in [0.4, 0.5) is 11.5 Å². The predicted molar refractivity (Wildman–Crippen MR) is 75.5 cm³/mol. The van der Waals surface area contributed by atoms with Gasteiger partial charge in [-0.05, 0) is 18.6 Å². The highest BCUT2D eigenvalue weighted by atomic mass is 35.5. The van der Waals surface area contributed by atoms with Crippen molar-refractivity contribution in [3.8, 4) is 0 Å². The van der Waals surface area contributed by atoms with E-state index in [-0.39, 0.29) is 0 Å². The van der Waals surface area contributed by atoms with Crippen LogP contribution in [0.5, 0.6) is 0 Å². The summed E-state index contributed by atoms with van der Waals surface area (Å²) >= 11 is 5.81. The zero-order chi connectivity index (χ0) is 12.5. The molecule has 0 radical (unpaired) electrons. The van der Waals surface area contributed by atoms with Crippen LogP contribution in [-0.2, 0) is 0 Å². The van der Waals surface area contributed by atoms with E-state index in [1.54, 1.807) is 12.1 Å². The van der Waals surface area contributed by atoms with Gasteiger partial charge in [-0.3, -0.25) is 0 Å². The summed E-state index contributed by atoms with van der Waals surface area (Å²) in [6.07, 6.45) is 7.70. The molecule has 0 atom stereocenters. The van der Waals surface area contributed by atoms with Crippen LogP contribution >= 0.6 is 11.6 Å². The molecule has 3 N–H and O–H groups in total. The number of nitrogens with zero attached hydrogens (tertiary/aromatic N) is 1. The van der Waals surface area contributed by atoms with E-state index in [0.717, 1.165) is 13.0 Å². The highest BCUT2D eigenvalue weighted by Gasteiger charge is 2.00. The third-order valence-corrected chi connectivity index (χ3v) is 2.93. The zero-order valence-electron chi connectivity index (χ0n) is 10.5. The lowest BCUT2D eigenvalue weighted by atomic mass is 10.1. The summed E-state index contributed by atoms with van der Waals surface area (Å²) in [6.45, 7) is 3.14. The number of nitrogens with one attached hydrogen (secondary N) is 1. The molecule has 4 heteroatoms. The van der Waals surface area contributed by atoms with Crippen molar-refractivity contribution in [3.63, 3.8) is 0 Å². The molecule has 17 heavy (non-hydrogen) atoms. The average Bonchev–Trinajstić information content (AvgIpc) is 2.32. The van der Waals surface area contributed by atoms with Crippen LogP contribution in [0.1, 0.15) is 45.4 Å². The fourth-order valence-corrected chi connectivity index (χ4v) is 1.85. The summed E-state index contributed by atoms with van der Waals surface area (Å²) in [6, 6.07) is 3.48. The second-order valence-corrected chi connectivity index (χ2v) is 4.65. The summed E-state index contributed by atoms with van der Waals surface area (Å²) in [5.41, 5.74) is 6.44. The van der Waals surface area contributed by atoms with Crippen molar-refractivity contribution in [3.05, 3.63) is 17.3 Å². The van der Waals surface area contributed by atoms with Crippen molar-refractivity contribution in [1.29, 1.82) is 0 Å². The van der Waals surface area contributed by atoms with Gasteiger partial charge in [-0.25, -0.2) is 4.98 Å². The molecular weight excluding hydrogens is 234 g/mol. The van der Waals surface area contributed by atoms with Gasteiger partial charge in [-0.1, -0.05) is 50.6 Å². The first-order valence-electron chi connectivity index (χ1n) is 6.40. The molecule has 1 aromatic heterocycles. The summed E-state index contributed by atoms with van der Waals surface area (Å²) in [7, 11) is 0. The maximum absolute atomic E-state index is 5.81. The van der Waals surface area contributed by atoms with Crippen molar-refractivity contribution >= 4 is 23.1 Å². The van der Waals surface area contributed by atoms with Gasteiger partial charge in [0.25, 0.3) is 0 Å². The highest BCUT2D eigenvalue weighted by molar-refractivity contribution is 6.29. The van der Waals surface area contributed by atoms with Crippen molar-refractivity contribution in [2.24, 2.45) is 0 Å². The lowest BCUT2D eigenvalue weighted by Crippen LogP contribution is -2.06. The van der Waals surface area contributed by atoms with Crippen LogP contribution in [0.15, 0.2) is 12.1 Å². The third-order valence-electron chi connectivity index (χ3n) is 2.72. The normalized spacial score (nSPS) is 10.5. The van der Waals surface area contributed by atoms with Crippen molar-refractivity contribution in [2.75, 3.05) is 17.6 Å². The van der Waals surface area contributed by atoms with Gasteiger partial charge in [-0.2, -0.15) is 0 Å². The SMILES string of the molecule is CCCCCCCCNc1nc(Cl)ccc1N. The molecule has 0 unspecified atom stereocenters. The Morgan fingerprint density at radius 1 is 1.18 bits per heavy atom. The van der Waals surface area contributed by atoms with Crippen molar-refractivity contribution in [1.82, 2.24) is 4.98 Å². The Morgan fingerprint density at radius 2 is 1.88 bits per heavy atom. The zero-order valence-corrected chi connectivity index (χ0v) is 11.3. The lowest BCUT2D eigenvalue weighted by molar-refractivity contribution is 0.617. The van der Waals surface area contributed by atoms with Gasteiger partial charge in [0, 0.05) is 6.54 Å². The van der Waals surface area contributed by atoms with Crippen molar-refractivity contribution in [2.45, 2.75) is 45.4 Å². The molecule has 1 aromatic rings. The number of unbranched alkanes of at least 4 members (excludes halogenated alkanes) is 5. The van der Waals surface area contributed by atoms with Gasteiger partial charge in [0.15, 0.2) is 5.82 Å². The molecule has 0 aliphatic rings. The van der Waals surface area contributed by atoms with E-state index < -0.39 is 0 Å². The van der Waals surface area contributed by atoms with Crippen LogP contribution in [0.3, 0.4) is 0 Å². The molecule has 0 spiro atoms. The van der Waals surface area contributed by atoms with Crippen LogP contribution in [-0.4, -0.2) is 11.5 Å². The quantitative estimate of drug-likeness (QED) is 0.543. The van der Waals surface area contributed by atoms with Gasteiger partial charge < -0.3 is 11.1 Å². The Labute approximate surface area is 109 Å². The number of nitrogen functional groups attached to an aromatic ring is 1. The Morgan fingerprint density at radius 3 is 2.65 bits per heavy atom. The monoisotopic (exact) mass is 255 g/mol. The number of hydrogen-bond donors (Lipinski definition) is 2. The van der Waals surface area contributed by atoms with E-state index in [1.807, 2.05) is 0 Å². The smallest absolute Gasteiger partial charge is 0.150 e. The van der Waals surface area contributed by atoms with E-state index >= 15 is 0 Å². The molecule has 0 fully saturated rings. The van der Waals surface area contributed by atoms with Gasteiger partial charge >= 0.3 is 0 Å². The molecule has 0 aliphatic carbocycles. The molecule has 0 aromatic carbocycles. The molecule has 0 aliphatic heterocycles. The maximum atomic E-state index is 5.81. The number of anilines is 2. The number of halogens is 1. The Kier molecular flexibility index (Phi) is 6.78. The number of aromatic nitrogens is 1. The molecule has 96 valence electrons. The summed E-state index contributed by atoms with van der Waals surface area (Å²) in [5.74, 6) is 0.700. The first kappa shape index (κ1) is 14.1. The molecule has 0 saturated heterocycles. The molecule has 0 amide bonds. The second-order valence-electron chi connectivity index (χ2n) is 4.27. The Hall–Kier alpha value is -0.960. The fourth-order valence-electron chi connectivity index (χ4n) is 1.70. The predicted octanol–water partition coefficient (Wildman–Crippen LogP) is 4.09. The third kappa shape index (κ3) is 5.78. The molecule has 0 bridgehead atoms. The van der Waals surface area contributed by atoms with Crippen LogP contribution < -0.4 is 11.1 Å². The van der Waals surface area contributed by atoms with Gasteiger partial charge in [0.05, 0.1) is 5.69 Å². The van der Waals surface area contributed by atoms with Crippen LogP contribution in [0.25, 0.3) is 0 Å². The minimum atomic E-state index is 0.477. The van der Waals surface area contributed by atoms with Gasteiger partial charge in [0.1, 0.15) is 5.15 Å². The first-order valence-corrected chi connectivity index (χ1v) is 6.77. The minimum Gasteiger partial charge on any atom is -0.396 e. The van der Waals surface area contributed by atoms with E-state index in [4.69, 9.17) is 17.3 Å². The molecule has 0 saturated carbocycles. The summed E-state index contributed by atoms with van der Waals surface area (Å²) in [5, 5.41) is 3.70. The number of pyridine rings is 1. The number of hydrogen-bond acceptors (Lipinski definition) is 3. The Bertz CT molecular complexity index is 328. The molecular formula is C13H22ClN3. The van der Waals surface area contributed by atoms with Crippen LogP contribution in [0, 0.1) is 0 Å². The number of rotatable bonds is 8. The molecule has 3 nitrogen and oxygen atoms in total. The highest BCUT2D eigenvalue weighted by Crippen LogP contribution is 2.18. The minimum absolute atomic E-state index is 0.477. The van der Waals surface area contributed by atoms with Crippen LogP contribution in [0.2, 0.25) is 5.15 Å².